The van der Waals surface area contributed by atoms with Crippen LogP contribution in [-0.2, 0) is 4.74 Å². The minimum Gasteiger partial charge on any atom is -0.506 e. The van der Waals surface area contributed by atoms with E-state index >= 15 is 0 Å². The van der Waals surface area contributed by atoms with Gasteiger partial charge < -0.3 is 14.6 Å². The number of aromatic nitrogens is 5. The number of rotatable bonds is 10. The molecule has 0 aliphatic carbocycles. The molecule has 3 aromatic rings. The molecule has 0 bridgehead atoms. The first-order valence-corrected chi connectivity index (χ1v) is 12.3. The summed E-state index contributed by atoms with van der Waals surface area (Å²) in [7, 11) is 1.53. The molecule has 1 aliphatic rings. The van der Waals surface area contributed by atoms with Crippen LogP contribution in [0.1, 0.15) is 44.1 Å². The highest BCUT2D eigenvalue weighted by molar-refractivity contribution is 8.00. The molecule has 1 aliphatic heterocycles. The predicted molar refractivity (Wildman–Crippen MR) is 139 cm³/mol. The summed E-state index contributed by atoms with van der Waals surface area (Å²) in [5, 5.41) is 19.4. The Morgan fingerprint density at radius 3 is 2.69 bits per heavy atom. The van der Waals surface area contributed by atoms with Crippen LogP contribution in [0.25, 0.3) is 11.4 Å². The third kappa shape index (κ3) is 5.67. The zero-order valence-electron chi connectivity index (χ0n) is 20.7. The molecule has 1 unspecified atom stereocenters. The molecular formula is C25H27N7O3S. The van der Waals surface area contributed by atoms with Crippen molar-refractivity contribution in [2.75, 3.05) is 17.6 Å². The number of anilines is 1. The van der Waals surface area contributed by atoms with Crippen LogP contribution in [0.15, 0.2) is 53.1 Å². The van der Waals surface area contributed by atoms with E-state index in [-0.39, 0.29) is 18.0 Å². The van der Waals surface area contributed by atoms with E-state index in [9.17, 15) is 5.11 Å². The van der Waals surface area contributed by atoms with Crippen molar-refractivity contribution in [1.82, 2.24) is 24.7 Å². The summed E-state index contributed by atoms with van der Waals surface area (Å²) in [6.07, 6.45) is 4.88. The summed E-state index contributed by atoms with van der Waals surface area (Å²) in [6.45, 7) is 7.69. The Kier molecular flexibility index (Phi) is 7.87. The first-order valence-electron chi connectivity index (χ1n) is 11.3. The van der Waals surface area contributed by atoms with E-state index < -0.39 is 0 Å². The fourth-order valence-electron chi connectivity index (χ4n) is 3.44. The van der Waals surface area contributed by atoms with Gasteiger partial charge in [-0.25, -0.2) is 4.99 Å². The SMILES string of the molecule is COc1cccc(O)c1-n1c(NSCC(OC(C)C)c2cnc(C)cn2)nnc1C1=C=C=CC(C)=N1. The minimum absolute atomic E-state index is 0.00123. The summed E-state index contributed by atoms with van der Waals surface area (Å²) in [6, 6.07) is 5.02. The van der Waals surface area contributed by atoms with E-state index in [4.69, 9.17) is 9.47 Å². The van der Waals surface area contributed by atoms with Crippen LogP contribution in [-0.4, -0.2) is 54.5 Å². The molecule has 0 saturated heterocycles. The van der Waals surface area contributed by atoms with Gasteiger partial charge in [0.05, 0.1) is 30.8 Å². The van der Waals surface area contributed by atoms with Gasteiger partial charge in [-0.15, -0.1) is 10.2 Å². The average molecular weight is 506 g/mol. The number of phenols is 1. The number of allylic oxidation sites excluding steroid dienone is 1. The molecule has 36 heavy (non-hydrogen) atoms. The van der Waals surface area contributed by atoms with Crippen LogP contribution < -0.4 is 9.46 Å². The Hall–Kier alpha value is -3.88. The van der Waals surface area contributed by atoms with Crippen molar-refractivity contribution in [2.24, 2.45) is 4.99 Å². The third-order valence-corrected chi connectivity index (χ3v) is 5.82. The van der Waals surface area contributed by atoms with Crippen LogP contribution in [0.4, 0.5) is 5.95 Å². The topological polar surface area (TPSA) is 120 Å². The predicted octanol–water partition coefficient (Wildman–Crippen LogP) is 4.43. The summed E-state index contributed by atoms with van der Waals surface area (Å²) < 4.78 is 16.5. The van der Waals surface area contributed by atoms with Gasteiger partial charge in [0.15, 0.2) is 11.5 Å². The first kappa shape index (κ1) is 25.2. The number of benzene rings is 1. The number of para-hydroxylation sites is 1. The summed E-state index contributed by atoms with van der Waals surface area (Å²) in [5.74, 6) is 1.69. The Morgan fingerprint density at radius 1 is 1.17 bits per heavy atom. The highest BCUT2D eigenvalue weighted by Gasteiger charge is 2.24. The number of nitrogens with zero attached hydrogens (tertiary/aromatic N) is 6. The number of hydrogen-bond donors (Lipinski definition) is 2. The smallest absolute Gasteiger partial charge is 0.239 e. The monoisotopic (exact) mass is 505 g/mol. The fourth-order valence-corrected chi connectivity index (χ4v) is 4.19. The summed E-state index contributed by atoms with van der Waals surface area (Å²) >= 11 is 1.37. The van der Waals surface area contributed by atoms with Crippen molar-refractivity contribution in [1.29, 1.82) is 0 Å². The van der Waals surface area contributed by atoms with E-state index in [2.05, 4.69) is 41.3 Å². The Labute approximate surface area is 213 Å². The number of nitrogens with one attached hydrogen (secondary N) is 1. The lowest BCUT2D eigenvalue weighted by Crippen LogP contribution is -2.16. The molecule has 4 rings (SSSR count). The second-order valence-corrected chi connectivity index (χ2v) is 9.02. The lowest BCUT2D eigenvalue weighted by molar-refractivity contribution is 0.0181. The van der Waals surface area contributed by atoms with E-state index in [1.165, 1.54) is 19.1 Å². The number of phenolic OH excluding ortho intramolecular Hbond substituents is 1. The van der Waals surface area contributed by atoms with Gasteiger partial charge in [0.25, 0.3) is 0 Å². The van der Waals surface area contributed by atoms with Crippen LogP contribution >= 0.6 is 11.9 Å². The van der Waals surface area contributed by atoms with Gasteiger partial charge in [-0.05, 0) is 57.5 Å². The molecule has 1 atom stereocenters. The number of aromatic hydroxyl groups is 1. The van der Waals surface area contributed by atoms with Gasteiger partial charge in [0.1, 0.15) is 23.3 Å². The van der Waals surface area contributed by atoms with E-state index in [1.54, 1.807) is 41.2 Å². The summed E-state index contributed by atoms with van der Waals surface area (Å²) in [5.41, 5.74) is 9.05. The normalized spacial score (nSPS) is 13.5. The molecule has 2 aromatic heterocycles. The van der Waals surface area contributed by atoms with Crippen molar-refractivity contribution in [3.8, 4) is 17.2 Å². The molecule has 0 radical (unpaired) electrons. The standard InChI is InChI=1S/C25H27N7O3S/c1-15(2)35-22(19-13-26-17(4)12-27-19)14-36-31-25-30-29-24(18-9-6-8-16(3)28-18)32(25)23-20(33)10-7-11-21(23)34-5/h7-8,10-13,15,22,33H,14H2,1-5H3,(H,30,31). The molecule has 186 valence electrons. The molecular weight excluding hydrogens is 478 g/mol. The highest BCUT2D eigenvalue weighted by Crippen LogP contribution is 2.36. The zero-order valence-corrected chi connectivity index (χ0v) is 21.5. The van der Waals surface area contributed by atoms with E-state index in [0.29, 0.717) is 34.7 Å². The third-order valence-electron chi connectivity index (χ3n) is 5.02. The van der Waals surface area contributed by atoms with Crippen molar-refractivity contribution in [3.05, 3.63) is 65.3 Å². The van der Waals surface area contributed by atoms with Crippen LogP contribution in [0.2, 0.25) is 0 Å². The van der Waals surface area contributed by atoms with Crippen LogP contribution in [0.5, 0.6) is 11.5 Å². The van der Waals surface area contributed by atoms with Gasteiger partial charge in [-0.2, -0.15) is 0 Å². The Balaban J connectivity index is 1.68. The van der Waals surface area contributed by atoms with Crippen LogP contribution in [0.3, 0.4) is 0 Å². The Bertz CT molecular complexity index is 1370. The quantitative estimate of drug-likeness (QED) is 0.304. The maximum Gasteiger partial charge on any atom is 0.239 e. The largest absolute Gasteiger partial charge is 0.506 e. The second kappa shape index (κ2) is 11.2. The van der Waals surface area contributed by atoms with Crippen molar-refractivity contribution >= 4 is 29.3 Å². The molecule has 0 amide bonds. The average Bonchev–Trinajstić information content (AvgIpc) is 3.26. The maximum absolute atomic E-state index is 10.8. The molecule has 11 heteroatoms. The molecule has 0 spiro atoms. The van der Waals surface area contributed by atoms with E-state index in [1.807, 2.05) is 27.7 Å². The lowest BCUT2D eigenvalue weighted by atomic mass is 10.2. The van der Waals surface area contributed by atoms with Gasteiger partial charge in [0.2, 0.25) is 5.95 Å². The molecule has 0 saturated carbocycles. The molecule has 2 N–H and O–H groups in total. The second-order valence-electron chi connectivity index (χ2n) is 8.20. The van der Waals surface area contributed by atoms with Crippen LogP contribution in [0, 0.1) is 6.92 Å². The lowest BCUT2D eigenvalue weighted by Gasteiger charge is -2.20. The van der Waals surface area contributed by atoms with Crippen molar-refractivity contribution < 1.29 is 14.6 Å². The van der Waals surface area contributed by atoms with Gasteiger partial charge >= 0.3 is 0 Å². The molecule has 0 fully saturated rings. The number of ether oxygens (including phenoxy) is 2. The number of aryl methyl sites for hydroxylation is 1. The van der Waals surface area contributed by atoms with Crippen molar-refractivity contribution in [2.45, 2.75) is 39.9 Å². The van der Waals surface area contributed by atoms with Gasteiger partial charge in [0, 0.05) is 23.7 Å². The number of aliphatic imine (C=N–C) groups is 1. The Morgan fingerprint density at radius 2 is 2.00 bits per heavy atom. The molecule has 10 nitrogen and oxygen atoms in total. The highest BCUT2D eigenvalue weighted by atomic mass is 32.2. The molecule has 1 aromatic carbocycles. The van der Waals surface area contributed by atoms with E-state index in [0.717, 1.165) is 17.1 Å². The minimum atomic E-state index is -0.299. The van der Waals surface area contributed by atoms with Gasteiger partial charge in [-0.3, -0.25) is 19.3 Å². The number of methoxy groups -OCH3 is 1. The first-order chi connectivity index (χ1) is 17.4. The maximum atomic E-state index is 10.8. The zero-order chi connectivity index (χ0) is 25.7. The fraction of sp³-hybridized carbons (Fsp3) is 0.320. The summed E-state index contributed by atoms with van der Waals surface area (Å²) in [4.78, 5) is 13.3. The molecule has 3 heterocycles. The van der Waals surface area contributed by atoms with Crippen molar-refractivity contribution in [3.63, 3.8) is 0 Å². The number of hydrogen-bond acceptors (Lipinski definition) is 10. The van der Waals surface area contributed by atoms with Gasteiger partial charge in [-0.1, -0.05) is 11.8 Å².